The van der Waals surface area contributed by atoms with Gasteiger partial charge in [0.25, 0.3) is 0 Å². The number of aromatic nitrogens is 1. The van der Waals surface area contributed by atoms with Crippen LogP contribution in [0.3, 0.4) is 0 Å². The lowest BCUT2D eigenvalue weighted by atomic mass is 10.1. The van der Waals surface area contributed by atoms with Gasteiger partial charge in [0.15, 0.2) is 0 Å². The second-order valence-corrected chi connectivity index (χ2v) is 5.20. The number of hydrogen-bond donors (Lipinski definition) is 1. The van der Waals surface area contributed by atoms with Crippen molar-refractivity contribution in [3.05, 3.63) is 16.1 Å². The fourth-order valence-electron chi connectivity index (χ4n) is 1.88. The predicted molar refractivity (Wildman–Crippen MR) is 64.2 cm³/mol. The molecule has 0 saturated carbocycles. The van der Waals surface area contributed by atoms with E-state index in [9.17, 15) is 4.79 Å². The number of rotatable bonds is 4. The van der Waals surface area contributed by atoms with Crippen LogP contribution in [0.2, 0.25) is 0 Å². The van der Waals surface area contributed by atoms with Crippen molar-refractivity contribution in [2.24, 2.45) is 11.7 Å². The van der Waals surface area contributed by atoms with Crippen LogP contribution in [0.25, 0.3) is 0 Å². The lowest BCUT2D eigenvalue weighted by Crippen LogP contribution is -2.27. The molecular weight excluding hydrogens is 246 g/mol. The van der Waals surface area contributed by atoms with Gasteiger partial charge < -0.3 is 5.73 Å². The van der Waals surface area contributed by atoms with Gasteiger partial charge in [-0.3, -0.25) is 9.69 Å². The molecule has 1 amide bonds. The van der Waals surface area contributed by atoms with E-state index in [2.05, 4.69) is 9.88 Å². The molecule has 6 heteroatoms. The molecule has 4 nitrogen and oxygen atoms in total. The Kier molecular flexibility index (Phi) is 3.78. The minimum Gasteiger partial charge on any atom is -0.369 e. The van der Waals surface area contributed by atoms with E-state index in [1.54, 1.807) is 11.3 Å². The second-order valence-electron chi connectivity index (χ2n) is 3.99. The minimum absolute atomic E-state index is 0.00691. The molecule has 1 unspecified atom stereocenters. The van der Waals surface area contributed by atoms with Gasteiger partial charge >= 0.3 is 0 Å². The molecule has 2 heterocycles. The molecule has 0 spiro atoms. The highest BCUT2D eigenvalue weighted by Crippen LogP contribution is 2.20. The zero-order chi connectivity index (χ0) is 11.5. The summed E-state index contributed by atoms with van der Waals surface area (Å²) in [5.41, 5.74) is 6.21. The Balaban J connectivity index is 1.89. The van der Waals surface area contributed by atoms with Gasteiger partial charge in [0.2, 0.25) is 5.91 Å². The van der Waals surface area contributed by atoms with Crippen molar-refractivity contribution in [1.29, 1.82) is 0 Å². The highest BCUT2D eigenvalue weighted by molar-refractivity contribution is 7.09. The van der Waals surface area contributed by atoms with Crippen molar-refractivity contribution in [2.75, 3.05) is 13.1 Å². The lowest BCUT2D eigenvalue weighted by molar-refractivity contribution is -0.121. The molecule has 1 fully saturated rings. The molecule has 2 N–H and O–H groups in total. The van der Waals surface area contributed by atoms with Gasteiger partial charge in [-0.05, 0) is 13.0 Å². The van der Waals surface area contributed by atoms with E-state index >= 15 is 0 Å². The number of carbonyl (C=O) groups is 1. The number of halogens is 1. The van der Waals surface area contributed by atoms with Crippen molar-refractivity contribution in [3.8, 4) is 0 Å². The summed E-state index contributed by atoms with van der Waals surface area (Å²) < 4.78 is 0. The first-order valence-corrected chi connectivity index (χ1v) is 6.61. The average molecular weight is 260 g/mol. The first-order valence-electron chi connectivity index (χ1n) is 5.20. The Morgan fingerprint density at radius 2 is 2.56 bits per heavy atom. The normalized spacial score (nSPS) is 21.4. The number of hydrogen-bond acceptors (Lipinski definition) is 4. The highest BCUT2D eigenvalue weighted by atomic mass is 35.5. The lowest BCUT2D eigenvalue weighted by Gasteiger charge is -2.12. The molecule has 2 rings (SSSR count). The van der Waals surface area contributed by atoms with Crippen molar-refractivity contribution in [3.63, 3.8) is 0 Å². The monoisotopic (exact) mass is 259 g/mol. The molecule has 88 valence electrons. The zero-order valence-corrected chi connectivity index (χ0v) is 10.4. The third kappa shape index (κ3) is 2.72. The number of thiazole rings is 1. The van der Waals surface area contributed by atoms with E-state index in [1.807, 2.05) is 5.38 Å². The molecule has 0 aromatic carbocycles. The molecule has 1 aliphatic heterocycles. The Morgan fingerprint density at radius 3 is 3.12 bits per heavy atom. The number of primary amides is 1. The van der Waals surface area contributed by atoms with Crippen LogP contribution >= 0.6 is 22.9 Å². The summed E-state index contributed by atoms with van der Waals surface area (Å²) in [5.74, 6) is 0.274. The Morgan fingerprint density at radius 1 is 1.75 bits per heavy atom. The average Bonchev–Trinajstić information content (AvgIpc) is 2.87. The van der Waals surface area contributed by atoms with Crippen LogP contribution in [-0.2, 0) is 17.2 Å². The van der Waals surface area contributed by atoms with Gasteiger partial charge in [-0.15, -0.1) is 22.9 Å². The van der Waals surface area contributed by atoms with Crippen LogP contribution in [0.15, 0.2) is 5.38 Å². The Hall–Kier alpha value is -0.650. The van der Waals surface area contributed by atoms with Gasteiger partial charge in [-0.25, -0.2) is 4.98 Å². The number of alkyl halides is 1. The Bertz CT molecular complexity index is 382. The maximum absolute atomic E-state index is 11.0. The minimum atomic E-state index is -0.192. The van der Waals surface area contributed by atoms with Crippen molar-refractivity contribution in [2.45, 2.75) is 18.8 Å². The molecule has 0 aliphatic carbocycles. The molecule has 0 bridgehead atoms. The molecule has 1 saturated heterocycles. The Labute approximate surface area is 103 Å². The third-order valence-corrected chi connectivity index (χ3v) is 3.93. The first kappa shape index (κ1) is 11.8. The summed E-state index contributed by atoms with van der Waals surface area (Å²) in [4.78, 5) is 17.6. The molecule has 16 heavy (non-hydrogen) atoms. The van der Waals surface area contributed by atoms with Crippen molar-refractivity contribution in [1.82, 2.24) is 9.88 Å². The van der Waals surface area contributed by atoms with Crippen LogP contribution < -0.4 is 5.73 Å². The maximum Gasteiger partial charge on any atom is 0.221 e. The molecule has 1 aromatic rings. The molecule has 1 atom stereocenters. The van der Waals surface area contributed by atoms with Crippen LogP contribution in [0.4, 0.5) is 0 Å². The molecule has 1 aromatic heterocycles. The predicted octanol–water partition coefficient (Wildman–Crippen LogP) is 1.19. The number of amides is 1. The van der Waals surface area contributed by atoms with E-state index in [0.717, 1.165) is 36.8 Å². The molecule has 0 radical (unpaired) electrons. The summed E-state index contributed by atoms with van der Waals surface area (Å²) >= 11 is 7.31. The topological polar surface area (TPSA) is 59.2 Å². The van der Waals surface area contributed by atoms with E-state index in [4.69, 9.17) is 17.3 Å². The van der Waals surface area contributed by atoms with Gasteiger partial charge in [0.05, 0.1) is 24.0 Å². The summed E-state index contributed by atoms with van der Waals surface area (Å²) in [5, 5.41) is 3.03. The second kappa shape index (κ2) is 5.12. The molecular formula is C10H14ClN3OS. The summed E-state index contributed by atoms with van der Waals surface area (Å²) in [6.07, 6.45) is 0.864. The standard InChI is InChI=1S/C10H14ClN3OS/c11-3-8-6-16-9(13-8)5-14-2-1-7(4-14)10(12)15/h6-7H,1-5H2,(H2,12,15). The smallest absolute Gasteiger partial charge is 0.221 e. The van der Waals surface area contributed by atoms with Gasteiger partial charge in [-0.2, -0.15) is 0 Å². The van der Waals surface area contributed by atoms with E-state index < -0.39 is 0 Å². The van der Waals surface area contributed by atoms with Crippen molar-refractivity contribution < 1.29 is 4.79 Å². The van der Waals surface area contributed by atoms with Crippen LogP contribution in [0, 0.1) is 5.92 Å². The number of carbonyl (C=O) groups excluding carboxylic acids is 1. The van der Waals surface area contributed by atoms with Crippen LogP contribution in [0.1, 0.15) is 17.1 Å². The summed E-state index contributed by atoms with van der Waals surface area (Å²) in [6.45, 7) is 2.47. The largest absolute Gasteiger partial charge is 0.369 e. The number of nitrogens with two attached hydrogens (primary N) is 1. The SMILES string of the molecule is NC(=O)C1CCN(Cc2nc(CCl)cs2)C1. The fraction of sp³-hybridized carbons (Fsp3) is 0.600. The number of nitrogens with zero attached hydrogens (tertiary/aromatic N) is 2. The van der Waals surface area contributed by atoms with Gasteiger partial charge in [0, 0.05) is 11.9 Å². The van der Waals surface area contributed by atoms with Crippen LogP contribution in [-0.4, -0.2) is 28.9 Å². The third-order valence-electron chi connectivity index (χ3n) is 2.77. The van der Waals surface area contributed by atoms with Crippen molar-refractivity contribution >= 4 is 28.8 Å². The fourth-order valence-corrected chi connectivity index (χ4v) is 2.95. The van der Waals surface area contributed by atoms with Gasteiger partial charge in [0.1, 0.15) is 5.01 Å². The summed E-state index contributed by atoms with van der Waals surface area (Å²) in [6, 6.07) is 0. The maximum atomic E-state index is 11.0. The quantitative estimate of drug-likeness (QED) is 0.827. The van der Waals surface area contributed by atoms with Gasteiger partial charge in [-0.1, -0.05) is 0 Å². The zero-order valence-electron chi connectivity index (χ0n) is 8.86. The molecule has 1 aliphatic rings. The summed E-state index contributed by atoms with van der Waals surface area (Å²) in [7, 11) is 0. The van der Waals surface area contributed by atoms with E-state index in [0.29, 0.717) is 5.88 Å². The number of likely N-dealkylation sites (tertiary alicyclic amines) is 1. The van der Waals surface area contributed by atoms with Crippen LogP contribution in [0.5, 0.6) is 0 Å². The highest BCUT2D eigenvalue weighted by Gasteiger charge is 2.26. The first-order chi connectivity index (χ1) is 7.69. The van der Waals surface area contributed by atoms with E-state index in [1.165, 1.54) is 0 Å². The van der Waals surface area contributed by atoms with E-state index in [-0.39, 0.29) is 11.8 Å².